The van der Waals surface area contributed by atoms with Crippen molar-refractivity contribution < 1.29 is 22.5 Å². The van der Waals surface area contributed by atoms with Gasteiger partial charge in [0.15, 0.2) is 0 Å². The Kier molecular flexibility index (Phi) is 10.7. The van der Waals surface area contributed by atoms with E-state index in [1.165, 1.54) is 18.3 Å². The van der Waals surface area contributed by atoms with E-state index in [0.29, 0.717) is 21.7 Å². The fraction of sp³-hybridized carbons (Fsp3) is 0.120. The molecule has 0 saturated heterocycles. The summed E-state index contributed by atoms with van der Waals surface area (Å²) in [5, 5.41) is 4.21. The molecule has 0 saturated carbocycles. The van der Waals surface area contributed by atoms with Crippen LogP contribution < -0.4 is 15.8 Å². The zero-order valence-electron chi connectivity index (χ0n) is 19.2. The molecule has 1 atom stereocenters. The molecule has 8 nitrogen and oxygen atoms in total. The van der Waals surface area contributed by atoms with E-state index in [1.807, 2.05) is 30.3 Å². The third-order valence-corrected chi connectivity index (χ3v) is 6.49. The van der Waals surface area contributed by atoms with Gasteiger partial charge in [-0.3, -0.25) is 19.6 Å². The molecule has 0 aliphatic carbocycles. The lowest BCUT2D eigenvalue weighted by molar-refractivity contribution is -0.120. The smallest absolute Gasteiger partial charge is 0.295 e. The van der Waals surface area contributed by atoms with Gasteiger partial charge in [0.25, 0.3) is 10.1 Å². The van der Waals surface area contributed by atoms with Crippen molar-refractivity contribution in [3.8, 4) is 16.9 Å². The number of primary amides is 1. The first-order valence-electron chi connectivity index (χ1n) is 10.6. The summed E-state index contributed by atoms with van der Waals surface area (Å²) in [7, 11) is -4.57. The number of nitrogens with one attached hydrogen (secondary N) is 1. The van der Waals surface area contributed by atoms with Gasteiger partial charge in [0.1, 0.15) is 23.3 Å². The van der Waals surface area contributed by atoms with Crippen molar-refractivity contribution in [2.24, 2.45) is 5.73 Å². The Labute approximate surface area is 231 Å². The van der Waals surface area contributed by atoms with Crippen LogP contribution in [0.3, 0.4) is 0 Å². The molecule has 0 bridgehead atoms. The Bertz CT molecular complexity index is 1470. The first-order chi connectivity index (χ1) is 16.7. The lowest BCUT2D eigenvalue weighted by Gasteiger charge is -2.18. The second kappa shape index (κ2) is 13.0. The summed E-state index contributed by atoms with van der Waals surface area (Å²) in [6.45, 7) is 0.472. The van der Waals surface area contributed by atoms with Gasteiger partial charge in [-0.2, -0.15) is 8.42 Å². The van der Waals surface area contributed by atoms with Gasteiger partial charge < -0.3 is 10.5 Å². The Morgan fingerprint density at radius 2 is 1.68 bits per heavy atom. The molecule has 1 heterocycles. The predicted molar refractivity (Wildman–Crippen MR) is 148 cm³/mol. The summed E-state index contributed by atoms with van der Waals surface area (Å²) >= 11 is 5.87. The molecule has 1 amide bonds. The van der Waals surface area contributed by atoms with Crippen LogP contribution in [-0.4, -0.2) is 37.0 Å². The van der Waals surface area contributed by atoms with Crippen LogP contribution in [0.2, 0.25) is 5.02 Å². The molecule has 196 valence electrons. The van der Waals surface area contributed by atoms with Crippen LogP contribution in [0.5, 0.6) is 5.75 Å². The summed E-state index contributed by atoms with van der Waals surface area (Å²) in [5.41, 5.74) is 7.19. The monoisotopic (exact) mass is 583 g/mol. The first-order valence-corrected chi connectivity index (χ1v) is 12.4. The second-order valence-electron chi connectivity index (χ2n) is 7.70. The number of benzene rings is 3. The van der Waals surface area contributed by atoms with Crippen molar-refractivity contribution in [2.75, 3.05) is 13.2 Å². The number of fused-ring (bicyclic) bond motifs is 1. The third kappa shape index (κ3) is 7.32. The van der Waals surface area contributed by atoms with E-state index in [4.69, 9.17) is 22.1 Å². The highest BCUT2D eigenvalue weighted by molar-refractivity contribution is 7.86. The third-order valence-electron chi connectivity index (χ3n) is 5.35. The molecule has 4 N–H and O–H groups in total. The van der Waals surface area contributed by atoms with Crippen LogP contribution in [0.1, 0.15) is 11.7 Å². The number of aromatic nitrogens is 1. The van der Waals surface area contributed by atoms with E-state index in [0.717, 1.165) is 5.56 Å². The number of hydrogen-bond donors (Lipinski definition) is 3. The average molecular weight is 585 g/mol. The summed E-state index contributed by atoms with van der Waals surface area (Å²) in [6.07, 6.45) is 1.37. The van der Waals surface area contributed by atoms with E-state index in [-0.39, 0.29) is 53.9 Å². The summed E-state index contributed by atoms with van der Waals surface area (Å²) in [6, 6.07) is 19.5. The molecule has 1 unspecified atom stereocenters. The average Bonchev–Trinajstić information content (AvgIpc) is 2.84. The number of hydrogen-bond acceptors (Lipinski definition) is 6. The zero-order chi connectivity index (χ0) is 25.0. The van der Waals surface area contributed by atoms with E-state index >= 15 is 0 Å². The molecule has 1 aromatic heterocycles. The minimum Gasteiger partial charge on any atom is -0.492 e. The molecule has 3 aromatic carbocycles. The van der Waals surface area contributed by atoms with Crippen LogP contribution in [0.4, 0.5) is 0 Å². The Morgan fingerprint density at radius 1 is 1.00 bits per heavy atom. The van der Waals surface area contributed by atoms with Crippen LogP contribution >= 0.6 is 36.4 Å². The predicted octanol–water partition coefficient (Wildman–Crippen LogP) is 4.84. The minimum absolute atomic E-state index is 0. The van der Waals surface area contributed by atoms with Gasteiger partial charge in [0, 0.05) is 28.5 Å². The van der Waals surface area contributed by atoms with Gasteiger partial charge in [-0.05, 0) is 53.6 Å². The number of nitrogens with two attached hydrogens (primary N) is 1. The molecule has 0 aliphatic rings. The largest absolute Gasteiger partial charge is 0.492 e. The highest BCUT2D eigenvalue weighted by Crippen LogP contribution is 2.33. The first kappa shape index (κ1) is 30.3. The van der Waals surface area contributed by atoms with Crippen LogP contribution in [-0.2, 0) is 14.9 Å². The van der Waals surface area contributed by atoms with Gasteiger partial charge in [-0.25, -0.2) is 0 Å². The Hall–Kier alpha value is -2.92. The van der Waals surface area contributed by atoms with Gasteiger partial charge in [0.05, 0.1) is 5.69 Å². The van der Waals surface area contributed by atoms with E-state index in [1.54, 1.807) is 30.3 Å². The maximum Gasteiger partial charge on any atom is 0.295 e. The molecule has 4 aromatic rings. The van der Waals surface area contributed by atoms with Crippen molar-refractivity contribution in [1.82, 2.24) is 10.3 Å². The number of rotatable bonds is 9. The number of carbonyl (C=O) groups is 1. The number of carbonyl (C=O) groups excluding carboxylic acids is 1. The molecule has 12 heteroatoms. The van der Waals surface area contributed by atoms with Gasteiger partial charge in [0.2, 0.25) is 5.91 Å². The fourth-order valence-electron chi connectivity index (χ4n) is 3.75. The molecule has 0 aliphatic heterocycles. The van der Waals surface area contributed by atoms with Crippen molar-refractivity contribution in [1.29, 1.82) is 0 Å². The molecular formula is C25H24Cl3N3O5S. The molecule has 37 heavy (non-hydrogen) atoms. The summed E-state index contributed by atoms with van der Waals surface area (Å²) < 4.78 is 40.0. The van der Waals surface area contributed by atoms with Gasteiger partial charge in [-0.15, -0.1) is 24.8 Å². The molecule has 0 spiro atoms. The lowest BCUT2D eigenvalue weighted by atomic mass is 9.98. The van der Waals surface area contributed by atoms with Crippen molar-refractivity contribution in [2.45, 2.75) is 10.9 Å². The lowest BCUT2D eigenvalue weighted by Crippen LogP contribution is -2.36. The number of amides is 1. The number of pyridine rings is 1. The maximum absolute atomic E-state index is 12.4. The van der Waals surface area contributed by atoms with Crippen molar-refractivity contribution in [3.05, 3.63) is 89.7 Å². The van der Waals surface area contributed by atoms with Crippen LogP contribution in [0, 0.1) is 0 Å². The second-order valence-corrected chi connectivity index (χ2v) is 9.53. The SMILES string of the molecule is Cl.Cl.NC(=O)C(NCCOc1ccc(Cl)cc1)c1nccc2c(S(=O)(=O)O)cc(-c3ccccc3)cc12. The molecule has 4 rings (SSSR count). The molecular weight excluding hydrogens is 561 g/mol. The van der Waals surface area contributed by atoms with Crippen LogP contribution in [0.15, 0.2) is 83.9 Å². The van der Waals surface area contributed by atoms with Gasteiger partial charge in [-0.1, -0.05) is 41.9 Å². The van der Waals surface area contributed by atoms with Crippen LogP contribution in [0.25, 0.3) is 21.9 Å². The topological polar surface area (TPSA) is 132 Å². The minimum atomic E-state index is -4.57. The summed E-state index contributed by atoms with van der Waals surface area (Å²) in [5.74, 6) is -0.0876. The normalized spacial score (nSPS) is 11.7. The Morgan fingerprint density at radius 3 is 2.30 bits per heavy atom. The molecule has 0 fully saturated rings. The Balaban J connectivity index is 0.00000241. The van der Waals surface area contributed by atoms with Crippen molar-refractivity contribution in [3.63, 3.8) is 0 Å². The number of ether oxygens (including phenoxy) is 1. The fourth-order valence-corrected chi connectivity index (χ4v) is 4.61. The zero-order valence-corrected chi connectivity index (χ0v) is 22.4. The van der Waals surface area contributed by atoms with E-state index < -0.39 is 22.1 Å². The van der Waals surface area contributed by atoms with Crippen molar-refractivity contribution >= 4 is 63.2 Å². The highest BCUT2D eigenvalue weighted by Gasteiger charge is 2.24. The number of halogens is 3. The maximum atomic E-state index is 12.4. The summed E-state index contributed by atoms with van der Waals surface area (Å²) in [4.78, 5) is 16.4. The standard InChI is InChI=1S/C25H22ClN3O5S.2ClH/c26-18-6-8-19(9-7-18)34-13-12-29-24(25(27)30)23-21-14-17(16-4-2-1-3-5-16)15-22(35(31,32)33)20(21)10-11-28-23;;/h1-11,14-15,24,29H,12-13H2,(H2,27,30)(H,31,32,33);2*1H. The highest BCUT2D eigenvalue weighted by atomic mass is 35.5. The quantitative estimate of drug-likeness (QED) is 0.189. The van der Waals surface area contributed by atoms with E-state index in [9.17, 15) is 17.8 Å². The number of nitrogens with zero attached hydrogens (tertiary/aromatic N) is 1. The van der Waals surface area contributed by atoms with E-state index in [2.05, 4.69) is 10.3 Å². The molecule has 0 radical (unpaired) electrons. The van der Waals surface area contributed by atoms with Gasteiger partial charge >= 0.3 is 0 Å².